The molecule has 0 aliphatic heterocycles. The highest BCUT2D eigenvalue weighted by Gasteiger charge is 2.11. The molecule has 0 aromatic carbocycles. The number of hydrogen-bond acceptors (Lipinski definition) is 4. The van der Waals surface area contributed by atoms with Gasteiger partial charge in [-0.05, 0) is 19.1 Å². The van der Waals surface area contributed by atoms with E-state index in [1.807, 2.05) is 19.1 Å². The minimum Gasteiger partial charge on any atom is -0.245 e. The highest BCUT2D eigenvalue weighted by atomic mass is 35.5. The molecule has 0 N–H and O–H groups in total. The fourth-order valence-corrected chi connectivity index (χ4v) is 2.84. The van der Waals surface area contributed by atoms with Crippen molar-refractivity contribution in [3.05, 3.63) is 29.3 Å². The number of pyridine rings is 1. The van der Waals surface area contributed by atoms with Gasteiger partial charge in [-0.3, -0.25) is 0 Å². The first-order chi connectivity index (χ1) is 7.25. The molecular weight excluding hydrogens is 230 g/mol. The third-order valence-electron chi connectivity index (χ3n) is 2.16. The van der Waals surface area contributed by atoms with E-state index in [1.165, 1.54) is 11.3 Å². The molecule has 3 aromatic rings. The van der Waals surface area contributed by atoms with E-state index in [4.69, 9.17) is 11.6 Å². The number of hydrogen-bond donors (Lipinski definition) is 0. The predicted molar refractivity (Wildman–Crippen MR) is 62.5 cm³/mol. The lowest BCUT2D eigenvalue weighted by molar-refractivity contribution is 1.10. The average molecular weight is 236 g/mol. The van der Waals surface area contributed by atoms with Crippen LogP contribution in [0, 0.1) is 6.92 Å². The van der Waals surface area contributed by atoms with Crippen LogP contribution < -0.4 is 0 Å². The van der Waals surface area contributed by atoms with E-state index in [-0.39, 0.29) is 0 Å². The molecule has 0 saturated heterocycles. The molecule has 3 heterocycles. The van der Waals surface area contributed by atoms with Crippen molar-refractivity contribution in [3.63, 3.8) is 0 Å². The van der Waals surface area contributed by atoms with Crippen molar-refractivity contribution < 1.29 is 0 Å². The maximum absolute atomic E-state index is 6.07. The summed E-state index contributed by atoms with van der Waals surface area (Å²) in [6, 6.07) is 3.91. The average Bonchev–Trinajstić information content (AvgIpc) is 2.57. The second kappa shape index (κ2) is 3.12. The van der Waals surface area contributed by atoms with Crippen LogP contribution in [-0.4, -0.2) is 15.0 Å². The first kappa shape index (κ1) is 9.00. The van der Waals surface area contributed by atoms with Gasteiger partial charge < -0.3 is 0 Å². The van der Waals surface area contributed by atoms with Gasteiger partial charge in [0.25, 0.3) is 0 Å². The quantitative estimate of drug-likeness (QED) is 0.562. The monoisotopic (exact) mass is 235 g/mol. The lowest BCUT2D eigenvalue weighted by atomic mass is 10.3. The fourth-order valence-electron chi connectivity index (χ4n) is 1.55. The molecule has 0 spiro atoms. The molecule has 0 bridgehead atoms. The number of nitrogens with zero attached hydrogens (tertiary/aromatic N) is 3. The van der Waals surface area contributed by atoms with Crippen molar-refractivity contribution in [1.82, 2.24) is 15.0 Å². The molecule has 74 valence electrons. The van der Waals surface area contributed by atoms with Gasteiger partial charge in [0, 0.05) is 11.6 Å². The largest absolute Gasteiger partial charge is 0.245 e. The summed E-state index contributed by atoms with van der Waals surface area (Å²) in [4.78, 5) is 13.8. The number of thiophene rings is 1. The normalized spacial score (nSPS) is 11.3. The number of fused-ring (bicyclic) bond motifs is 3. The summed E-state index contributed by atoms with van der Waals surface area (Å²) >= 11 is 7.59. The minimum atomic E-state index is 0.514. The summed E-state index contributed by atoms with van der Waals surface area (Å²) in [6.45, 7) is 1.84. The molecule has 3 aromatic heterocycles. The fraction of sp³-hybridized carbons (Fsp3) is 0.100. The van der Waals surface area contributed by atoms with Crippen LogP contribution in [-0.2, 0) is 0 Å². The van der Waals surface area contributed by atoms with Gasteiger partial charge >= 0.3 is 0 Å². The molecule has 0 amide bonds. The Balaban J connectivity index is 2.61. The molecule has 5 heteroatoms. The zero-order chi connectivity index (χ0) is 10.4. The standard InChI is InChI=1S/C10H6ClN3S/c1-5-13-7-6-3-2-4-12-10(6)15-8(7)9(11)14-5/h2-4H,1H3. The number of rotatable bonds is 0. The summed E-state index contributed by atoms with van der Waals surface area (Å²) in [6.07, 6.45) is 1.77. The van der Waals surface area contributed by atoms with Gasteiger partial charge in [0.2, 0.25) is 0 Å². The Labute approximate surface area is 94.8 Å². The maximum Gasteiger partial charge on any atom is 0.150 e. The van der Waals surface area contributed by atoms with E-state index in [0.29, 0.717) is 11.0 Å². The van der Waals surface area contributed by atoms with Crippen molar-refractivity contribution in [1.29, 1.82) is 0 Å². The van der Waals surface area contributed by atoms with Crippen LogP contribution >= 0.6 is 22.9 Å². The van der Waals surface area contributed by atoms with Crippen molar-refractivity contribution in [2.45, 2.75) is 6.92 Å². The van der Waals surface area contributed by atoms with Crippen LogP contribution in [0.25, 0.3) is 20.4 Å². The van der Waals surface area contributed by atoms with Crippen molar-refractivity contribution in [2.24, 2.45) is 0 Å². The van der Waals surface area contributed by atoms with Crippen molar-refractivity contribution in [3.8, 4) is 0 Å². The Morgan fingerprint density at radius 2 is 2.20 bits per heavy atom. The van der Waals surface area contributed by atoms with Crippen LogP contribution in [0.15, 0.2) is 18.3 Å². The van der Waals surface area contributed by atoms with Gasteiger partial charge in [0.05, 0.1) is 10.2 Å². The Morgan fingerprint density at radius 1 is 1.33 bits per heavy atom. The van der Waals surface area contributed by atoms with Crippen LogP contribution in [0.5, 0.6) is 0 Å². The number of aromatic nitrogens is 3. The van der Waals surface area contributed by atoms with E-state index < -0.39 is 0 Å². The third kappa shape index (κ3) is 1.29. The van der Waals surface area contributed by atoms with Crippen molar-refractivity contribution >= 4 is 43.4 Å². The second-order valence-electron chi connectivity index (χ2n) is 3.20. The van der Waals surface area contributed by atoms with E-state index in [0.717, 1.165) is 20.4 Å². The molecule has 0 aliphatic rings. The van der Waals surface area contributed by atoms with Gasteiger partial charge in [-0.2, -0.15) is 0 Å². The van der Waals surface area contributed by atoms with Crippen molar-refractivity contribution in [2.75, 3.05) is 0 Å². The molecule has 0 fully saturated rings. The first-order valence-electron chi connectivity index (χ1n) is 4.43. The van der Waals surface area contributed by atoms with Gasteiger partial charge in [-0.25, -0.2) is 15.0 Å². The SMILES string of the molecule is Cc1nc(Cl)c2sc3ncccc3c2n1. The summed E-state index contributed by atoms with van der Waals surface area (Å²) in [5.74, 6) is 0.691. The summed E-state index contributed by atoms with van der Waals surface area (Å²) in [5, 5.41) is 1.56. The molecule has 0 aliphatic carbocycles. The zero-order valence-electron chi connectivity index (χ0n) is 7.86. The highest BCUT2D eigenvalue weighted by molar-refractivity contribution is 7.25. The molecular formula is C10H6ClN3S. The minimum absolute atomic E-state index is 0.514. The molecule has 0 unspecified atom stereocenters. The van der Waals surface area contributed by atoms with E-state index in [9.17, 15) is 0 Å². The van der Waals surface area contributed by atoms with Gasteiger partial charge in [-0.15, -0.1) is 11.3 Å². The molecule has 15 heavy (non-hydrogen) atoms. The Morgan fingerprint density at radius 3 is 3.07 bits per heavy atom. The zero-order valence-corrected chi connectivity index (χ0v) is 9.43. The van der Waals surface area contributed by atoms with Gasteiger partial charge in [-0.1, -0.05) is 11.6 Å². The van der Waals surface area contributed by atoms with E-state index in [1.54, 1.807) is 6.20 Å². The predicted octanol–water partition coefficient (Wildman–Crippen LogP) is 3.20. The second-order valence-corrected chi connectivity index (χ2v) is 4.55. The molecule has 0 atom stereocenters. The summed E-state index contributed by atoms with van der Waals surface area (Å²) < 4.78 is 0.913. The Bertz CT molecular complexity index is 662. The summed E-state index contributed by atoms with van der Waals surface area (Å²) in [7, 11) is 0. The van der Waals surface area contributed by atoms with Crippen LogP contribution in [0.2, 0.25) is 5.15 Å². The maximum atomic E-state index is 6.07. The van der Waals surface area contributed by atoms with Gasteiger partial charge in [0.1, 0.15) is 10.7 Å². The number of aryl methyl sites for hydroxylation is 1. The van der Waals surface area contributed by atoms with Crippen LogP contribution in [0.1, 0.15) is 5.82 Å². The third-order valence-corrected chi connectivity index (χ3v) is 3.66. The smallest absolute Gasteiger partial charge is 0.150 e. The van der Waals surface area contributed by atoms with E-state index in [2.05, 4.69) is 15.0 Å². The lowest BCUT2D eigenvalue weighted by Gasteiger charge is -1.94. The topological polar surface area (TPSA) is 38.7 Å². The lowest BCUT2D eigenvalue weighted by Crippen LogP contribution is -1.87. The summed E-state index contributed by atoms with van der Waals surface area (Å²) in [5.41, 5.74) is 0.903. The van der Waals surface area contributed by atoms with Gasteiger partial charge in [0.15, 0.2) is 5.15 Å². The van der Waals surface area contributed by atoms with E-state index >= 15 is 0 Å². The first-order valence-corrected chi connectivity index (χ1v) is 5.62. The Kier molecular flexibility index (Phi) is 1.87. The Hall–Kier alpha value is -1.26. The van der Waals surface area contributed by atoms with Crippen LogP contribution in [0.3, 0.4) is 0 Å². The molecule has 3 rings (SSSR count). The number of halogens is 1. The van der Waals surface area contributed by atoms with Crippen LogP contribution in [0.4, 0.5) is 0 Å². The molecule has 3 nitrogen and oxygen atoms in total. The molecule has 0 saturated carbocycles. The highest BCUT2D eigenvalue weighted by Crippen LogP contribution is 2.34. The molecule has 0 radical (unpaired) electrons.